The lowest BCUT2D eigenvalue weighted by atomic mass is 10.1. The molecule has 0 saturated carbocycles. The summed E-state index contributed by atoms with van der Waals surface area (Å²) in [5.41, 5.74) is 2.67. The second-order valence-corrected chi connectivity index (χ2v) is 6.39. The molecule has 1 fully saturated rings. The molecule has 1 unspecified atom stereocenters. The Labute approximate surface area is 146 Å². The normalized spacial score (nSPS) is 18.0. The van der Waals surface area contributed by atoms with Gasteiger partial charge in [-0.15, -0.1) is 0 Å². The van der Waals surface area contributed by atoms with Crippen LogP contribution in [0.3, 0.4) is 0 Å². The molecule has 2 heterocycles. The molecule has 1 N–H and O–H groups in total. The fourth-order valence-corrected chi connectivity index (χ4v) is 3.16. The van der Waals surface area contributed by atoms with Crippen LogP contribution in [0.4, 0.5) is 4.39 Å². The van der Waals surface area contributed by atoms with Gasteiger partial charge in [-0.1, -0.05) is 13.3 Å². The third kappa shape index (κ3) is 3.90. The number of H-pyrrole nitrogens is 1. The lowest BCUT2D eigenvalue weighted by Gasteiger charge is -2.06. The molecule has 1 aromatic carbocycles. The maximum atomic E-state index is 13.2. The first kappa shape index (κ1) is 17.6. The zero-order valence-electron chi connectivity index (χ0n) is 14.7. The van der Waals surface area contributed by atoms with E-state index in [1.165, 1.54) is 16.8 Å². The molecule has 1 aliphatic heterocycles. The van der Waals surface area contributed by atoms with Crippen molar-refractivity contribution >= 4 is 5.71 Å². The van der Waals surface area contributed by atoms with E-state index in [0.29, 0.717) is 17.8 Å². The van der Waals surface area contributed by atoms with Crippen LogP contribution in [0.2, 0.25) is 0 Å². The number of benzene rings is 1. The van der Waals surface area contributed by atoms with Crippen LogP contribution in [0.25, 0.3) is 5.69 Å². The summed E-state index contributed by atoms with van der Waals surface area (Å²) in [7, 11) is 0. The summed E-state index contributed by atoms with van der Waals surface area (Å²) < 4.78 is 20.2. The van der Waals surface area contributed by atoms with Crippen molar-refractivity contribution in [2.45, 2.75) is 45.6 Å². The van der Waals surface area contributed by atoms with Gasteiger partial charge in [0.1, 0.15) is 5.82 Å². The smallest absolute Gasteiger partial charge is 0.280 e. The SMILES string of the molecule is CCCc1[nH]n(-c2ccc(F)cc2)c(=O)c1C(C)=NCC1CCCO1. The molecule has 3 rings (SSSR count). The van der Waals surface area contributed by atoms with E-state index in [-0.39, 0.29) is 17.5 Å². The van der Waals surface area contributed by atoms with Gasteiger partial charge in [0, 0.05) is 18.0 Å². The van der Waals surface area contributed by atoms with Crippen molar-refractivity contribution in [1.29, 1.82) is 0 Å². The van der Waals surface area contributed by atoms with Gasteiger partial charge in [0.15, 0.2) is 0 Å². The molecule has 1 atom stereocenters. The van der Waals surface area contributed by atoms with Gasteiger partial charge in [-0.25, -0.2) is 9.07 Å². The maximum absolute atomic E-state index is 13.2. The van der Waals surface area contributed by atoms with Crippen molar-refractivity contribution < 1.29 is 9.13 Å². The van der Waals surface area contributed by atoms with E-state index in [2.05, 4.69) is 17.0 Å². The topological polar surface area (TPSA) is 59.4 Å². The van der Waals surface area contributed by atoms with E-state index in [4.69, 9.17) is 4.74 Å². The van der Waals surface area contributed by atoms with Crippen molar-refractivity contribution in [3.05, 3.63) is 51.7 Å². The zero-order chi connectivity index (χ0) is 17.8. The van der Waals surface area contributed by atoms with Gasteiger partial charge in [-0.3, -0.25) is 14.9 Å². The fraction of sp³-hybridized carbons (Fsp3) is 0.474. The highest BCUT2D eigenvalue weighted by molar-refractivity contribution is 5.99. The molecule has 1 aromatic heterocycles. The molecule has 0 aliphatic carbocycles. The minimum absolute atomic E-state index is 0.149. The van der Waals surface area contributed by atoms with E-state index in [9.17, 15) is 9.18 Å². The lowest BCUT2D eigenvalue weighted by molar-refractivity contribution is 0.118. The average Bonchev–Trinajstić information content (AvgIpc) is 3.22. The van der Waals surface area contributed by atoms with Crippen molar-refractivity contribution in [2.75, 3.05) is 13.2 Å². The van der Waals surface area contributed by atoms with Gasteiger partial charge in [-0.05, 0) is 50.5 Å². The average molecular weight is 345 g/mol. The first-order valence-electron chi connectivity index (χ1n) is 8.83. The summed E-state index contributed by atoms with van der Waals surface area (Å²) in [6.07, 6.45) is 3.91. The first-order valence-corrected chi connectivity index (χ1v) is 8.83. The molecular weight excluding hydrogens is 321 g/mol. The Balaban J connectivity index is 1.95. The summed E-state index contributed by atoms with van der Waals surface area (Å²) in [6.45, 7) is 5.31. The number of aliphatic imine (C=N–C) groups is 1. The molecule has 134 valence electrons. The summed E-state index contributed by atoms with van der Waals surface area (Å²) in [4.78, 5) is 17.5. The third-order valence-corrected chi connectivity index (χ3v) is 4.47. The molecule has 6 heteroatoms. The van der Waals surface area contributed by atoms with Crippen molar-refractivity contribution in [2.24, 2.45) is 4.99 Å². The van der Waals surface area contributed by atoms with Gasteiger partial charge in [0.2, 0.25) is 0 Å². The predicted molar refractivity (Wildman–Crippen MR) is 96.4 cm³/mol. The highest BCUT2D eigenvalue weighted by Crippen LogP contribution is 2.14. The van der Waals surface area contributed by atoms with E-state index < -0.39 is 0 Å². The number of nitrogens with one attached hydrogen (secondary N) is 1. The second-order valence-electron chi connectivity index (χ2n) is 6.39. The minimum atomic E-state index is -0.327. The molecule has 2 aromatic rings. The number of halogens is 1. The van der Waals surface area contributed by atoms with Crippen LogP contribution in [-0.2, 0) is 11.2 Å². The van der Waals surface area contributed by atoms with Crippen LogP contribution in [0.1, 0.15) is 44.4 Å². The van der Waals surface area contributed by atoms with Crippen LogP contribution in [0.5, 0.6) is 0 Å². The third-order valence-electron chi connectivity index (χ3n) is 4.47. The zero-order valence-corrected chi connectivity index (χ0v) is 14.7. The highest BCUT2D eigenvalue weighted by atomic mass is 19.1. The summed E-state index contributed by atoms with van der Waals surface area (Å²) >= 11 is 0. The van der Waals surface area contributed by atoms with E-state index in [1.54, 1.807) is 12.1 Å². The van der Waals surface area contributed by atoms with Crippen molar-refractivity contribution in [1.82, 2.24) is 9.78 Å². The van der Waals surface area contributed by atoms with Crippen LogP contribution >= 0.6 is 0 Å². The predicted octanol–water partition coefficient (Wildman–Crippen LogP) is 3.25. The summed E-state index contributed by atoms with van der Waals surface area (Å²) in [5, 5.41) is 3.17. The molecule has 0 bridgehead atoms. The van der Waals surface area contributed by atoms with Crippen LogP contribution in [0, 0.1) is 5.82 Å². The molecule has 0 radical (unpaired) electrons. The van der Waals surface area contributed by atoms with E-state index >= 15 is 0 Å². The molecular formula is C19H24FN3O2. The largest absolute Gasteiger partial charge is 0.376 e. The number of hydrogen-bond donors (Lipinski definition) is 1. The Kier molecular flexibility index (Phi) is 5.48. The van der Waals surface area contributed by atoms with Gasteiger partial charge < -0.3 is 4.74 Å². The number of hydrogen-bond acceptors (Lipinski definition) is 3. The number of aryl methyl sites for hydroxylation is 1. The molecule has 0 amide bonds. The first-order chi connectivity index (χ1) is 12.1. The van der Waals surface area contributed by atoms with Gasteiger partial charge in [-0.2, -0.15) is 0 Å². The molecule has 5 nitrogen and oxygen atoms in total. The summed E-state index contributed by atoms with van der Waals surface area (Å²) in [6, 6.07) is 5.87. The van der Waals surface area contributed by atoms with Gasteiger partial charge >= 0.3 is 0 Å². The molecule has 1 aliphatic rings. The molecule has 1 saturated heterocycles. The molecule has 25 heavy (non-hydrogen) atoms. The van der Waals surface area contributed by atoms with Crippen LogP contribution in [0.15, 0.2) is 34.1 Å². The van der Waals surface area contributed by atoms with Gasteiger partial charge in [0.25, 0.3) is 5.56 Å². The fourth-order valence-electron chi connectivity index (χ4n) is 3.16. The Morgan fingerprint density at radius 2 is 2.16 bits per heavy atom. The lowest BCUT2D eigenvalue weighted by Crippen LogP contribution is -2.20. The van der Waals surface area contributed by atoms with Crippen LogP contribution < -0.4 is 5.56 Å². The second kappa shape index (κ2) is 7.78. The Morgan fingerprint density at radius 3 is 2.80 bits per heavy atom. The Hall–Kier alpha value is -2.21. The number of aromatic nitrogens is 2. The molecule has 0 spiro atoms. The van der Waals surface area contributed by atoms with E-state index in [0.717, 1.165) is 43.7 Å². The quantitative estimate of drug-likeness (QED) is 0.817. The Morgan fingerprint density at radius 1 is 1.40 bits per heavy atom. The van der Waals surface area contributed by atoms with Crippen LogP contribution in [-0.4, -0.2) is 34.7 Å². The van der Waals surface area contributed by atoms with Crippen molar-refractivity contribution in [3.63, 3.8) is 0 Å². The standard InChI is InChI=1S/C19H24FN3O2/c1-3-5-17-18(13(2)21-12-16-6-4-11-25-16)19(24)23(22-17)15-9-7-14(20)8-10-15/h7-10,16,22H,3-6,11-12H2,1-2H3. The maximum Gasteiger partial charge on any atom is 0.280 e. The number of aromatic amines is 1. The highest BCUT2D eigenvalue weighted by Gasteiger charge is 2.19. The minimum Gasteiger partial charge on any atom is -0.376 e. The number of ether oxygens (including phenoxy) is 1. The van der Waals surface area contributed by atoms with E-state index in [1.807, 2.05) is 6.92 Å². The monoisotopic (exact) mass is 345 g/mol. The van der Waals surface area contributed by atoms with Crippen molar-refractivity contribution in [3.8, 4) is 5.69 Å². The summed E-state index contributed by atoms with van der Waals surface area (Å²) in [5.74, 6) is -0.327. The number of rotatable bonds is 6. The number of nitrogens with zero attached hydrogens (tertiary/aromatic N) is 2. The van der Waals surface area contributed by atoms with Gasteiger partial charge in [0.05, 0.1) is 23.9 Å². The Bertz CT molecular complexity index is 799.